The molecular weight excluding hydrogens is 436 g/mol. The number of methoxy groups -OCH3 is 2. The Morgan fingerprint density at radius 2 is 1.69 bits per heavy atom. The van der Waals surface area contributed by atoms with E-state index in [1.54, 1.807) is 48.5 Å². The molecule has 2 aromatic carbocycles. The summed E-state index contributed by atoms with van der Waals surface area (Å²) < 4.78 is 44.9. The summed E-state index contributed by atoms with van der Waals surface area (Å²) in [7, 11) is -1.06. The maximum atomic E-state index is 13.0. The highest BCUT2D eigenvalue weighted by atomic mass is 32.2. The fraction of sp³-hybridized carbons (Fsp3) is 0.286. The quantitative estimate of drug-likeness (QED) is 0.487. The Morgan fingerprint density at radius 3 is 2.28 bits per heavy atom. The van der Waals surface area contributed by atoms with E-state index in [4.69, 9.17) is 14.2 Å². The molecule has 1 amide bonds. The van der Waals surface area contributed by atoms with Crippen molar-refractivity contribution in [2.75, 3.05) is 20.8 Å². The highest BCUT2D eigenvalue weighted by Gasteiger charge is 2.27. The molecule has 0 bridgehead atoms. The van der Waals surface area contributed by atoms with Crippen LogP contribution in [-0.2, 0) is 27.1 Å². The van der Waals surface area contributed by atoms with Gasteiger partial charge in [-0.15, -0.1) is 10.2 Å². The van der Waals surface area contributed by atoms with Crippen LogP contribution in [0, 0.1) is 0 Å². The number of amides is 1. The van der Waals surface area contributed by atoms with Crippen LogP contribution in [0.4, 0.5) is 0 Å². The third-order valence-corrected chi connectivity index (χ3v) is 5.65. The van der Waals surface area contributed by atoms with Crippen molar-refractivity contribution >= 4 is 15.9 Å². The molecule has 0 unspecified atom stereocenters. The first-order valence-corrected chi connectivity index (χ1v) is 11.4. The van der Waals surface area contributed by atoms with Crippen molar-refractivity contribution in [2.45, 2.75) is 19.3 Å². The van der Waals surface area contributed by atoms with Gasteiger partial charge in [-0.3, -0.25) is 9.36 Å². The van der Waals surface area contributed by atoms with Gasteiger partial charge in [0.1, 0.15) is 23.8 Å². The van der Waals surface area contributed by atoms with Crippen LogP contribution in [0.25, 0.3) is 5.69 Å². The summed E-state index contributed by atoms with van der Waals surface area (Å²) in [4.78, 5) is 13.0. The molecule has 11 heteroatoms. The highest BCUT2D eigenvalue weighted by Crippen LogP contribution is 2.34. The lowest BCUT2D eigenvalue weighted by Gasteiger charge is -2.17. The van der Waals surface area contributed by atoms with E-state index in [-0.39, 0.29) is 25.4 Å². The number of rotatable bonds is 10. The van der Waals surface area contributed by atoms with Gasteiger partial charge in [0.25, 0.3) is 0 Å². The van der Waals surface area contributed by atoms with E-state index in [0.29, 0.717) is 29.4 Å². The fourth-order valence-electron chi connectivity index (χ4n) is 3.05. The maximum absolute atomic E-state index is 13.0. The minimum atomic E-state index is -3.99. The molecule has 3 rings (SSSR count). The zero-order valence-electron chi connectivity index (χ0n) is 17.9. The number of nitrogens with one attached hydrogen (secondary N) is 1. The number of carbonyl (C=O) groups is 1. The van der Waals surface area contributed by atoms with Gasteiger partial charge in [-0.2, -0.15) is 0 Å². The first kappa shape index (κ1) is 23.2. The summed E-state index contributed by atoms with van der Waals surface area (Å²) in [6.07, 6.45) is 0. The summed E-state index contributed by atoms with van der Waals surface area (Å²) in [6.45, 7) is 2.26. The number of nitrogens with zero attached hydrogens (tertiary/aromatic N) is 3. The van der Waals surface area contributed by atoms with E-state index in [1.165, 1.54) is 18.8 Å². The molecule has 0 atom stereocenters. The summed E-state index contributed by atoms with van der Waals surface area (Å²) in [5.41, 5.74) is 0.889. The van der Waals surface area contributed by atoms with E-state index in [2.05, 4.69) is 14.9 Å². The van der Waals surface area contributed by atoms with Gasteiger partial charge in [0, 0.05) is 8.03 Å². The predicted octanol–water partition coefficient (Wildman–Crippen LogP) is 2.33. The zero-order valence-corrected chi connectivity index (χ0v) is 18.8. The van der Waals surface area contributed by atoms with E-state index >= 15 is 0 Å². The normalized spacial score (nSPS) is 11.2. The molecule has 3 aromatic rings. The second-order valence-electron chi connectivity index (χ2n) is 6.60. The number of benzene rings is 2. The van der Waals surface area contributed by atoms with Crippen LogP contribution >= 0.6 is 0 Å². The molecule has 1 aromatic heterocycles. The van der Waals surface area contributed by atoms with Crippen molar-refractivity contribution in [3.05, 3.63) is 65.7 Å². The number of hydrogen-bond acceptors (Lipinski definition) is 8. The Bertz CT molecular complexity index is 1160. The second kappa shape index (κ2) is 10.2. The Labute approximate surface area is 187 Å². The van der Waals surface area contributed by atoms with Crippen LogP contribution in [-0.4, -0.2) is 49.9 Å². The van der Waals surface area contributed by atoms with Crippen LogP contribution < -0.4 is 14.2 Å². The van der Waals surface area contributed by atoms with Gasteiger partial charge in [0.05, 0.1) is 20.0 Å². The Kier molecular flexibility index (Phi) is 7.44. The average Bonchev–Trinajstić information content (AvgIpc) is 3.20. The molecule has 0 saturated heterocycles. The number of aromatic nitrogens is 3. The maximum Gasteiger partial charge on any atom is 0.303 e. The van der Waals surface area contributed by atoms with Crippen LogP contribution in [0.3, 0.4) is 0 Å². The fourth-order valence-corrected chi connectivity index (χ4v) is 4.13. The van der Waals surface area contributed by atoms with Gasteiger partial charge >= 0.3 is 5.91 Å². The summed E-state index contributed by atoms with van der Waals surface area (Å²) in [5, 5.41) is 7.97. The van der Waals surface area contributed by atoms with Crippen LogP contribution in [0.15, 0.2) is 48.5 Å². The lowest BCUT2D eigenvalue weighted by atomic mass is 10.2. The lowest BCUT2D eigenvalue weighted by Crippen LogP contribution is -2.33. The third kappa shape index (κ3) is 5.24. The van der Waals surface area contributed by atoms with Crippen LogP contribution in [0.1, 0.15) is 30.4 Å². The predicted molar refractivity (Wildman–Crippen MR) is 118 cm³/mol. The SMILES string of the molecule is CCOCc1nnc(C(=O)NS(=O)(=O)Cc2ccccc2)n1-c1c(OC)cccc1OC.[HH]. The Hall–Kier alpha value is -3.44. The summed E-state index contributed by atoms with van der Waals surface area (Å²) in [5.74, 6) is -0.521. The molecule has 1 heterocycles. The molecule has 0 fully saturated rings. The minimum Gasteiger partial charge on any atom is -0.494 e. The minimum absolute atomic E-state index is 0. The molecule has 32 heavy (non-hydrogen) atoms. The molecular formula is C21H26N4O6S. The second-order valence-corrected chi connectivity index (χ2v) is 8.32. The molecule has 0 spiro atoms. The zero-order chi connectivity index (χ0) is 23.1. The molecule has 0 aliphatic heterocycles. The largest absolute Gasteiger partial charge is 0.494 e. The molecule has 0 saturated carbocycles. The average molecular weight is 463 g/mol. The number of carbonyl (C=O) groups excluding carboxylic acids is 1. The topological polar surface area (TPSA) is 122 Å². The highest BCUT2D eigenvalue weighted by molar-refractivity contribution is 7.89. The van der Waals surface area contributed by atoms with Crippen LogP contribution in [0.2, 0.25) is 0 Å². The van der Waals surface area contributed by atoms with Gasteiger partial charge in [-0.05, 0) is 24.6 Å². The third-order valence-electron chi connectivity index (χ3n) is 4.44. The van der Waals surface area contributed by atoms with E-state index in [0.717, 1.165) is 0 Å². The Balaban J connectivity index is 0.00000385. The van der Waals surface area contributed by atoms with Crippen molar-refractivity contribution in [1.29, 1.82) is 0 Å². The van der Waals surface area contributed by atoms with Gasteiger partial charge in [0.15, 0.2) is 5.82 Å². The molecule has 0 aliphatic carbocycles. The molecule has 0 aliphatic rings. The van der Waals surface area contributed by atoms with E-state index < -0.39 is 15.9 Å². The van der Waals surface area contributed by atoms with Gasteiger partial charge < -0.3 is 14.2 Å². The smallest absolute Gasteiger partial charge is 0.303 e. The van der Waals surface area contributed by atoms with Gasteiger partial charge in [-0.1, -0.05) is 36.4 Å². The summed E-state index contributed by atoms with van der Waals surface area (Å²) in [6, 6.07) is 13.6. The number of ether oxygens (including phenoxy) is 3. The molecule has 172 valence electrons. The monoisotopic (exact) mass is 462 g/mol. The van der Waals surface area contributed by atoms with Crippen molar-refractivity contribution in [1.82, 2.24) is 19.5 Å². The van der Waals surface area contributed by atoms with Crippen molar-refractivity contribution < 1.29 is 28.8 Å². The van der Waals surface area contributed by atoms with Crippen molar-refractivity contribution in [2.24, 2.45) is 0 Å². The first-order chi connectivity index (χ1) is 15.4. The van der Waals surface area contributed by atoms with Crippen LogP contribution in [0.5, 0.6) is 11.5 Å². The lowest BCUT2D eigenvalue weighted by molar-refractivity contribution is 0.0967. The molecule has 10 nitrogen and oxygen atoms in total. The van der Waals surface area contributed by atoms with Gasteiger partial charge in [0.2, 0.25) is 15.8 Å². The Morgan fingerprint density at radius 1 is 1.03 bits per heavy atom. The molecule has 0 radical (unpaired) electrons. The molecule has 1 N–H and O–H groups in total. The van der Waals surface area contributed by atoms with Crippen molar-refractivity contribution in [3.8, 4) is 17.2 Å². The number of para-hydroxylation sites is 1. The van der Waals surface area contributed by atoms with E-state index in [9.17, 15) is 13.2 Å². The van der Waals surface area contributed by atoms with E-state index in [1.807, 2.05) is 6.92 Å². The van der Waals surface area contributed by atoms with Gasteiger partial charge in [-0.25, -0.2) is 13.1 Å². The number of sulfonamides is 1. The van der Waals surface area contributed by atoms with Crippen molar-refractivity contribution in [3.63, 3.8) is 0 Å². The standard InChI is InChI=1S/C21H24N4O6S.H2/c1-4-31-13-18-22-23-20(25(18)19-16(29-2)11-8-12-17(19)30-3)21(26)24-32(27,28)14-15-9-6-5-7-10-15;/h5-12H,4,13-14H2,1-3H3,(H,24,26);1H. The first-order valence-electron chi connectivity index (χ1n) is 9.72. The summed E-state index contributed by atoms with van der Waals surface area (Å²) >= 11 is 0. The number of hydrogen-bond donors (Lipinski definition) is 1.